The van der Waals surface area contributed by atoms with Gasteiger partial charge in [0.05, 0.1) is 0 Å². The number of benzene rings is 1. The summed E-state index contributed by atoms with van der Waals surface area (Å²) in [5.74, 6) is 0. The van der Waals surface area contributed by atoms with E-state index in [4.69, 9.17) is 0 Å². The van der Waals surface area contributed by atoms with Gasteiger partial charge in [-0.2, -0.15) is 0 Å². The van der Waals surface area contributed by atoms with Crippen LogP contribution in [0.5, 0.6) is 0 Å². The van der Waals surface area contributed by atoms with E-state index in [9.17, 15) is 4.79 Å². The lowest BCUT2D eigenvalue weighted by atomic mass is 10.1. The van der Waals surface area contributed by atoms with Gasteiger partial charge >= 0.3 is 6.03 Å². The van der Waals surface area contributed by atoms with Crippen molar-refractivity contribution in [1.29, 1.82) is 0 Å². The fourth-order valence-corrected chi connectivity index (χ4v) is 1.98. The van der Waals surface area contributed by atoms with Crippen molar-refractivity contribution in [1.82, 2.24) is 10.2 Å². The second kappa shape index (κ2) is 5.08. The molecular formula is C13H19N3O. The van der Waals surface area contributed by atoms with Crippen LogP contribution < -0.4 is 10.6 Å². The van der Waals surface area contributed by atoms with Crippen molar-refractivity contribution < 1.29 is 4.79 Å². The zero-order valence-corrected chi connectivity index (χ0v) is 10.4. The Labute approximate surface area is 102 Å². The number of hydrogen-bond donors (Lipinski definition) is 2. The van der Waals surface area contributed by atoms with Crippen LogP contribution in [0.25, 0.3) is 0 Å². The molecule has 4 heteroatoms. The first kappa shape index (κ1) is 11.8. The predicted molar refractivity (Wildman–Crippen MR) is 69.4 cm³/mol. The molecule has 1 aromatic carbocycles. The highest BCUT2D eigenvalue weighted by atomic mass is 16.2. The van der Waals surface area contributed by atoms with Crippen LogP contribution in [0.3, 0.4) is 0 Å². The number of anilines is 1. The van der Waals surface area contributed by atoms with E-state index in [0.717, 1.165) is 31.9 Å². The third-order valence-electron chi connectivity index (χ3n) is 3.04. The first-order valence-corrected chi connectivity index (χ1v) is 6.01. The Kier molecular flexibility index (Phi) is 3.52. The maximum atomic E-state index is 11.3. The first-order valence-electron chi connectivity index (χ1n) is 6.01. The van der Waals surface area contributed by atoms with E-state index in [1.807, 2.05) is 4.90 Å². The zero-order valence-electron chi connectivity index (χ0n) is 10.4. The fraction of sp³-hybridized carbons (Fsp3) is 0.462. The highest BCUT2D eigenvalue weighted by Crippen LogP contribution is 2.15. The van der Waals surface area contributed by atoms with E-state index < -0.39 is 0 Å². The second-order valence-corrected chi connectivity index (χ2v) is 4.46. The summed E-state index contributed by atoms with van der Waals surface area (Å²) in [6.45, 7) is 7.29. The standard InChI is InChI=1S/C13H19N3O/c1-10-3-4-11(2)12(9-10)14-5-7-16-8-6-15-13(16)17/h3-4,9,14H,5-8H2,1-2H3,(H,15,17). The molecule has 92 valence electrons. The maximum Gasteiger partial charge on any atom is 0.317 e. The molecule has 0 radical (unpaired) electrons. The average Bonchev–Trinajstić information content (AvgIpc) is 2.70. The minimum absolute atomic E-state index is 0.0489. The summed E-state index contributed by atoms with van der Waals surface area (Å²) in [5, 5.41) is 6.18. The lowest BCUT2D eigenvalue weighted by Gasteiger charge is -2.16. The van der Waals surface area contributed by atoms with Crippen LogP contribution >= 0.6 is 0 Å². The van der Waals surface area contributed by atoms with Crippen LogP contribution in [0.2, 0.25) is 0 Å². The zero-order chi connectivity index (χ0) is 12.3. The van der Waals surface area contributed by atoms with Crippen molar-refractivity contribution in [3.05, 3.63) is 29.3 Å². The van der Waals surface area contributed by atoms with E-state index >= 15 is 0 Å². The van der Waals surface area contributed by atoms with Crippen LogP contribution in [-0.4, -0.2) is 37.1 Å². The largest absolute Gasteiger partial charge is 0.383 e. The van der Waals surface area contributed by atoms with Gasteiger partial charge in [-0.3, -0.25) is 0 Å². The molecule has 2 amide bonds. The predicted octanol–water partition coefficient (Wildman–Crippen LogP) is 1.74. The number of nitrogens with one attached hydrogen (secondary N) is 2. The third-order valence-corrected chi connectivity index (χ3v) is 3.04. The lowest BCUT2D eigenvalue weighted by molar-refractivity contribution is 0.219. The quantitative estimate of drug-likeness (QED) is 0.832. The van der Waals surface area contributed by atoms with Crippen molar-refractivity contribution >= 4 is 11.7 Å². The van der Waals surface area contributed by atoms with Gasteiger partial charge in [0.2, 0.25) is 0 Å². The Morgan fingerprint density at radius 1 is 1.41 bits per heavy atom. The molecule has 0 spiro atoms. The van der Waals surface area contributed by atoms with Crippen molar-refractivity contribution in [2.75, 3.05) is 31.5 Å². The van der Waals surface area contributed by atoms with E-state index in [0.29, 0.717) is 0 Å². The molecule has 0 unspecified atom stereocenters. The van der Waals surface area contributed by atoms with Crippen LogP contribution in [0, 0.1) is 13.8 Å². The molecular weight excluding hydrogens is 214 g/mol. The molecule has 2 rings (SSSR count). The average molecular weight is 233 g/mol. The Bertz CT molecular complexity index is 417. The summed E-state index contributed by atoms with van der Waals surface area (Å²) < 4.78 is 0. The molecule has 0 aromatic heterocycles. The van der Waals surface area contributed by atoms with Gasteiger partial charge in [-0.05, 0) is 31.0 Å². The number of urea groups is 1. The van der Waals surface area contributed by atoms with Gasteiger partial charge in [-0.15, -0.1) is 0 Å². The minimum atomic E-state index is 0.0489. The molecule has 2 N–H and O–H groups in total. The Balaban J connectivity index is 1.85. The van der Waals surface area contributed by atoms with Gasteiger partial charge in [-0.25, -0.2) is 4.79 Å². The molecule has 1 aliphatic rings. The van der Waals surface area contributed by atoms with E-state index in [1.54, 1.807) is 0 Å². The molecule has 1 heterocycles. The monoisotopic (exact) mass is 233 g/mol. The summed E-state index contributed by atoms with van der Waals surface area (Å²) in [7, 11) is 0. The molecule has 0 atom stereocenters. The molecule has 0 aliphatic carbocycles. The molecule has 1 fully saturated rings. The number of nitrogens with zero attached hydrogens (tertiary/aromatic N) is 1. The van der Waals surface area contributed by atoms with Gasteiger partial charge in [0, 0.05) is 31.9 Å². The number of hydrogen-bond acceptors (Lipinski definition) is 2. The van der Waals surface area contributed by atoms with Crippen molar-refractivity contribution in [2.45, 2.75) is 13.8 Å². The summed E-state index contributed by atoms with van der Waals surface area (Å²) in [5.41, 5.74) is 3.64. The Morgan fingerprint density at radius 3 is 2.94 bits per heavy atom. The number of carbonyl (C=O) groups excluding carboxylic acids is 1. The van der Waals surface area contributed by atoms with E-state index in [-0.39, 0.29) is 6.03 Å². The molecule has 0 saturated carbocycles. The summed E-state index contributed by atoms with van der Waals surface area (Å²) in [6, 6.07) is 6.40. The van der Waals surface area contributed by atoms with Crippen LogP contribution in [0.15, 0.2) is 18.2 Å². The van der Waals surface area contributed by atoms with E-state index in [2.05, 4.69) is 42.7 Å². The first-order chi connectivity index (χ1) is 8.16. The third kappa shape index (κ3) is 2.90. The Morgan fingerprint density at radius 2 is 2.24 bits per heavy atom. The highest BCUT2D eigenvalue weighted by molar-refractivity contribution is 5.76. The Hall–Kier alpha value is -1.71. The van der Waals surface area contributed by atoms with Gasteiger partial charge < -0.3 is 15.5 Å². The van der Waals surface area contributed by atoms with Crippen molar-refractivity contribution in [3.8, 4) is 0 Å². The molecule has 1 aromatic rings. The molecule has 1 aliphatic heterocycles. The number of aryl methyl sites for hydroxylation is 2. The molecule has 4 nitrogen and oxygen atoms in total. The highest BCUT2D eigenvalue weighted by Gasteiger charge is 2.18. The molecule has 1 saturated heterocycles. The van der Waals surface area contributed by atoms with Crippen molar-refractivity contribution in [2.24, 2.45) is 0 Å². The summed E-state index contributed by atoms with van der Waals surface area (Å²) >= 11 is 0. The normalized spacial score (nSPS) is 14.9. The SMILES string of the molecule is Cc1ccc(C)c(NCCN2CCNC2=O)c1. The molecule has 0 bridgehead atoms. The number of carbonyl (C=O) groups is 1. The minimum Gasteiger partial charge on any atom is -0.383 e. The van der Waals surface area contributed by atoms with Gasteiger partial charge in [0.25, 0.3) is 0 Å². The smallest absolute Gasteiger partial charge is 0.317 e. The maximum absolute atomic E-state index is 11.3. The fourth-order valence-electron chi connectivity index (χ4n) is 1.98. The summed E-state index contributed by atoms with van der Waals surface area (Å²) in [4.78, 5) is 13.2. The van der Waals surface area contributed by atoms with E-state index in [1.165, 1.54) is 11.1 Å². The van der Waals surface area contributed by atoms with Crippen LogP contribution in [0.4, 0.5) is 10.5 Å². The topological polar surface area (TPSA) is 44.4 Å². The van der Waals surface area contributed by atoms with Gasteiger partial charge in [0.15, 0.2) is 0 Å². The van der Waals surface area contributed by atoms with Crippen LogP contribution in [-0.2, 0) is 0 Å². The second-order valence-electron chi connectivity index (χ2n) is 4.46. The lowest BCUT2D eigenvalue weighted by Crippen LogP contribution is -2.32. The van der Waals surface area contributed by atoms with Crippen LogP contribution in [0.1, 0.15) is 11.1 Å². The molecule has 17 heavy (non-hydrogen) atoms. The van der Waals surface area contributed by atoms with Crippen molar-refractivity contribution in [3.63, 3.8) is 0 Å². The van der Waals surface area contributed by atoms with Gasteiger partial charge in [0.1, 0.15) is 0 Å². The van der Waals surface area contributed by atoms with Gasteiger partial charge in [-0.1, -0.05) is 12.1 Å². The number of rotatable bonds is 4. The summed E-state index contributed by atoms with van der Waals surface area (Å²) in [6.07, 6.45) is 0. The number of amides is 2.